The van der Waals surface area contributed by atoms with Crippen molar-refractivity contribution in [2.24, 2.45) is 22.9 Å². The largest absolute Gasteiger partial charge is 0.508 e. The Kier molecular flexibility index (Phi) is 27.9. The van der Waals surface area contributed by atoms with Crippen LogP contribution in [0.4, 0.5) is 0 Å². The van der Waals surface area contributed by atoms with Gasteiger partial charge in [-0.2, -0.15) is 0 Å². The van der Waals surface area contributed by atoms with Crippen molar-refractivity contribution >= 4 is 93.7 Å². The number of H-pyrrole nitrogens is 2. The second-order valence-electron chi connectivity index (χ2n) is 24.4. The molecule has 0 bridgehead atoms. The van der Waals surface area contributed by atoms with Gasteiger partial charge in [0.2, 0.25) is 76.8 Å². The SMILES string of the molecule is C[C@@H]1NC(=O)[C@H](Cc2c[nH]cn2)NC(=O)C[C@@H](NC(=O)[C@@H](N)Cc2ccc(O)cc2)C(=O)NCC(C(=O)N[C@@H](Cc2ccc(O)cc2)C(N)=O)NC(=O)[C@H](Cc2ccccc2)NC(=O)[C@H](C)NC(=O)[C@H](CC(N)=O)NC(=O)[C@H](Cc2c[nH]c3ccccc23)NC(=O)[C@H](CCCNC(=N)N)NC1=O. The second kappa shape index (κ2) is 37.0. The monoisotopic (exact) mass is 1410 g/mol. The minimum absolute atomic E-state index is 0.00937. The van der Waals surface area contributed by atoms with E-state index in [9.17, 15) is 72.5 Å². The Bertz CT molecular complexity index is 3990. The van der Waals surface area contributed by atoms with Crippen molar-refractivity contribution in [3.8, 4) is 11.5 Å². The lowest BCUT2D eigenvalue weighted by molar-refractivity contribution is -0.136. The number of aromatic hydroxyl groups is 2. The van der Waals surface area contributed by atoms with E-state index in [2.05, 4.69) is 78.8 Å². The van der Waals surface area contributed by atoms with Gasteiger partial charge < -0.3 is 107 Å². The first-order chi connectivity index (χ1) is 48.6. The molecule has 7 rings (SSSR count). The van der Waals surface area contributed by atoms with E-state index >= 15 is 0 Å². The molecular formula is C67H84N20O15. The van der Waals surface area contributed by atoms with Gasteiger partial charge in [-0.25, -0.2) is 4.98 Å². The van der Waals surface area contributed by atoms with Crippen molar-refractivity contribution in [2.75, 3.05) is 13.1 Å². The number of para-hydroxylation sites is 1. The summed E-state index contributed by atoms with van der Waals surface area (Å²) < 4.78 is 0. The molecule has 2 aromatic heterocycles. The van der Waals surface area contributed by atoms with Gasteiger partial charge in [0.15, 0.2) is 5.96 Å². The molecule has 1 aliphatic rings. The number of nitrogens with two attached hydrogens (primary N) is 4. The van der Waals surface area contributed by atoms with E-state index in [0.29, 0.717) is 33.2 Å². The van der Waals surface area contributed by atoms with E-state index < -0.39 is 169 Å². The maximum Gasteiger partial charge on any atom is 0.245 e. The molecule has 25 N–H and O–H groups in total. The molecule has 0 saturated carbocycles. The van der Waals surface area contributed by atoms with Gasteiger partial charge in [-0.05, 0) is 85.7 Å². The number of phenols is 2. The highest BCUT2D eigenvalue weighted by molar-refractivity contribution is 6.01. The molecule has 13 amide bonds. The van der Waals surface area contributed by atoms with Gasteiger partial charge in [0.25, 0.3) is 0 Å². The van der Waals surface area contributed by atoms with Crippen LogP contribution < -0.4 is 86.7 Å². The molecule has 0 radical (unpaired) electrons. The predicted molar refractivity (Wildman–Crippen MR) is 366 cm³/mol. The number of carbonyl (C=O) groups is 13. The molecule has 102 heavy (non-hydrogen) atoms. The minimum Gasteiger partial charge on any atom is -0.508 e. The van der Waals surface area contributed by atoms with Crippen molar-refractivity contribution < 1.29 is 72.5 Å². The number of phenolic OH excluding ortho intramolecular Hbond substituents is 2. The summed E-state index contributed by atoms with van der Waals surface area (Å²) in [6.07, 6.45) is 0.830. The van der Waals surface area contributed by atoms with Crippen molar-refractivity contribution in [3.05, 3.63) is 150 Å². The van der Waals surface area contributed by atoms with Crippen molar-refractivity contribution in [3.63, 3.8) is 0 Å². The zero-order valence-corrected chi connectivity index (χ0v) is 55.6. The highest BCUT2D eigenvalue weighted by Crippen LogP contribution is 2.21. The molecule has 3 heterocycles. The summed E-state index contributed by atoms with van der Waals surface area (Å²) in [5, 5.41) is 58.3. The van der Waals surface area contributed by atoms with Crippen molar-refractivity contribution in [1.29, 1.82) is 5.41 Å². The summed E-state index contributed by atoms with van der Waals surface area (Å²) in [6, 6.07) is 7.94. The number of imidazole rings is 1. The van der Waals surface area contributed by atoms with E-state index in [1.165, 1.54) is 74.9 Å². The first kappa shape index (κ1) is 76.9. The Morgan fingerprint density at radius 1 is 0.598 bits per heavy atom. The van der Waals surface area contributed by atoms with Crippen LogP contribution in [0.25, 0.3) is 10.9 Å². The smallest absolute Gasteiger partial charge is 0.245 e. The minimum atomic E-state index is -1.93. The number of aromatic amines is 2. The standard InChI is InChI=1S/C67H84N20O15/c1-34-57(93)81-46(13-8-22-74-67(71)72)61(97)85-49(26-39-30-75-45-12-7-6-11-43(39)45)65(101)86-51(28-54(69)90)63(99)79-35(2)58(94)83-48(25-36-9-4-3-5-10-36)64(100)87-53(66(102)82-47(56(70)92)24-38-16-20-42(89)21-17-38)32-76-60(96)52(84-59(95)44(68)23-37-14-18-41(88)19-15-37)29-55(91)80-50(62(98)78-34)27-40-31-73-33-77-40/h3-7,9-12,14-21,30-31,33-35,44,46-53,75,88-89H,8,13,22-29,32,68H2,1-2H3,(H2,69,90)(H2,70,92)(H,73,77)(H,76,96)(H,78,98)(H,79,99)(H,80,91)(H,81,93)(H,82,102)(H,83,94)(H,84,95)(H,85,97)(H,86,101)(H,87,100)(H4,71,72,74)/t34-,35-,44-,46-,47-,48-,49-,50-,51-,52+,53?/m0/s1. The number of guanidine groups is 1. The normalized spacial score (nSPS) is 21.7. The fraction of sp³-hybridized carbons (Fsp3) is 0.358. The summed E-state index contributed by atoms with van der Waals surface area (Å²) in [7, 11) is 0. The Labute approximate surface area is 583 Å². The van der Waals surface area contributed by atoms with Crippen LogP contribution in [0.1, 0.15) is 67.5 Å². The highest BCUT2D eigenvalue weighted by atomic mass is 16.3. The van der Waals surface area contributed by atoms with Gasteiger partial charge in [-0.1, -0.05) is 72.8 Å². The van der Waals surface area contributed by atoms with Crippen LogP contribution in [0.3, 0.4) is 0 Å². The number of rotatable bonds is 21. The van der Waals surface area contributed by atoms with E-state index in [-0.39, 0.29) is 68.7 Å². The first-order valence-corrected chi connectivity index (χ1v) is 32.4. The second-order valence-corrected chi connectivity index (χ2v) is 24.4. The lowest BCUT2D eigenvalue weighted by Gasteiger charge is -2.27. The molecule has 1 unspecified atom stereocenters. The van der Waals surface area contributed by atoms with Crippen LogP contribution in [0.2, 0.25) is 0 Å². The summed E-state index contributed by atoms with van der Waals surface area (Å²) in [6.45, 7) is 1.54. The summed E-state index contributed by atoms with van der Waals surface area (Å²) in [4.78, 5) is 196. The average molecular weight is 1410 g/mol. The quantitative estimate of drug-likeness (QED) is 0.0183. The number of fused-ring (bicyclic) bond motifs is 1. The van der Waals surface area contributed by atoms with E-state index in [4.69, 9.17) is 28.3 Å². The van der Waals surface area contributed by atoms with Crippen LogP contribution in [-0.4, -0.2) is 187 Å². The van der Waals surface area contributed by atoms with Gasteiger partial charge in [0, 0.05) is 62.1 Å². The molecule has 11 atom stereocenters. The predicted octanol–water partition coefficient (Wildman–Crippen LogP) is -4.83. The molecule has 1 fully saturated rings. The Morgan fingerprint density at radius 2 is 1.15 bits per heavy atom. The number of benzene rings is 4. The van der Waals surface area contributed by atoms with Gasteiger partial charge >= 0.3 is 0 Å². The van der Waals surface area contributed by atoms with Crippen LogP contribution >= 0.6 is 0 Å². The number of nitrogens with zero attached hydrogens (tertiary/aromatic N) is 1. The molecule has 1 saturated heterocycles. The first-order valence-electron chi connectivity index (χ1n) is 32.4. The van der Waals surface area contributed by atoms with Crippen LogP contribution in [0.15, 0.2) is 122 Å². The Balaban J connectivity index is 1.30. The lowest BCUT2D eigenvalue weighted by Crippen LogP contribution is -2.62. The van der Waals surface area contributed by atoms with Crippen LogP contribution in [0, 0.1) is 5.41 Å². The van der Waals surface area contributed by atoms with Crippen LogP contribution in [0.5, 0.6) is 11.5 Å². The van der Waals surface area contributed by atoms with E-state index in [1.807, 2.05) is 0 Å². The third-order valence-corrected chi connectivity index (χ3v) is 16.3. The van der Waals surface area contributed by atoms with Crippen molar-refractivity contribution in [2.45, 2.75) is 138 Å². The molecule has 542 valence electrons. The van der Waals surface area contributed by atoms with E-state index in [1.54, 1.807) is 60.8 Å². The molecule has 35 nitrogen and oxygen atoms in total. The summed E-state index contributed by atoms with van der Waals surface area (Å²) in [5.74, 6) is -14.6. The van der Waals surface area contributed by atoms with Gasteiger partial charge in [-0.3, -0.25) is 67.7 Å². The molecular weight excluding hydrogens is 1320 g/mol. The van der Waals surface area contributed by atoms with Gasteiger partial charge in [0.05, 0.1) is 30.9 Å². The fourth-order valence-corrected chi connectivity index (χ4v) is 10.8. The average Bonchev–Trinajstić information content (AvgIpc) is 1.64. The highest BCUT2D eigenvalue weighted by Gasteiger charge is 2.37. The number of nitrogens with one attached hydrogen (secondary N) is 15. The number of aromatic nitrogens is 3. The maximum absolute atomic E-state index is 14.9. The maximum atomic E-state index is 14.9. The number of primary amides is 2. The molecule has 0 aliphatic carbocycles. The number of hydrogen-bond acceptors (Lipinski definition) is 18. The zero-order chi connectivity index (χ0) is 74.2. The number of hydrogen-bond donors (Lipinski definition) is 21. The third-order valence-electron chi connectivity index (χ3n) is 16.3. The molecule has 4 aromatic carbocycles. The van der Waals surface area contributed by atoms with Crippen molar-refractivity contribution in [1.82, 2.24) is 78.8 Å². The molecule has 1 aliphatic heterocycles. The Hall–Kier alpha value is -12.4. The molecule has 6 aromatic rings. The van der Waals surface area contributed by atoms with E-state index in [0.717, 1.165) is 0 Å². The summed E-state index contributed by atoms with van der Waals surface area (Å²) >= 11 is 0. The lowest BCUT2D eigenvalue weighted by atomic mass is 10.0. The number of amides is 13. The van der Waals surface area contributed by atoms with Gasteiger partial charge in [0.1, 0.15) is 71.9 Å². The van der Waals surface area contributed by atoms with Crippen LogP contribution in [-0.2, 0) is 94.4 Å². The molecule has 0 spiro atoms. The zero-order valence-electron chi connectivity index (χ0n) is 55.6. The third kappa shape index (κ3) is 23.7. The topological polar surface area (TPSA) is 579 Å². The molecule has 35 heteroatoms. The van der Waals surface area contributed by atoms with Gasteiger partial charge in [-0.15, -0.1) is 0 Å². The Morgan fingerprint density at radius 3 is 1.76 bits per heavy atom. The number of carbonyl (C=O) groups excluding carboxylic acids is 13. The fourth-order valence-electron chi connectivity index (χ4n) is 10.8. The summed E-state index contributed by atoms with van der Waals surface area (Å²) in [5.41, 5.74) is 25.9.